The number of hydrogen-bond donors (Lipinski definition) is 1. The van der Waals surface area contributed by atoms with Crippen LogP contribution in [0.3, 0.4) is 0 Å². The van der Waals surface area contributed by atoms with E-state index in [9.17, 15) is 14.9 Å². The van der Waals surface area contributed by atoms with Crippen molar-refractivity contribution in [2.24, 2.45) is 5.73 Å². The molecule has 0 aliphatic carbocycles. The Hall–Kier alpha value is -2.70. The maximum absolute atomic E-state index is 11.1. The van der Waals surface area contributed by atoms with Gasteiger partial charge < -0.3 is 15.8 Å². The number of carbonyl (C=O) groups is 1. The molecule has 0 aliphatic rings. The summed E-state index contributed by atoms with van der Waals surface area (Å²) in [6.07, 6.45) is 1.29. The van der Waals surface area contributed by atoms with E-state index < -0.39 is 16.6 Å². The highest BCUT2D eigenvalue weighted by Gasteiger charge is 2.24. The maximum Gasteiger partial charge on any atom is 0.402 e. The lowest BCUT2D eigenvalue weighted by atomic mass is 10.2. The third-order valence-corrected chi connectivity index (χ3v) is 2.37. The van der Waals surface area contributed by atoms with Gasteiger partial charge in [0.05, 0.1) is 17.8 Å². The molecule has 18 heavy (non-hydrogen) atoms. The number of amides is 1. The number of carbonyl (C=O) groups excluding carboxylic acids is 1. The molecule has 7 nitrogen and oxygen atoms in total. The van der Waals surface area contributed by atoms with E-state index in [-0.39, 0.29) is 5.56 Å². The lowest BCUT2D eigenvalue weighted by Gasteiger charge is -1.96. The summed E-state index contributed by atoms with van der Waals surface area (Å²) in [4.78, 5) is 21.0. The Balaban J connectivity index is 2.33. The largest absolute Gasteiger partial charge is 0.402 e. The first-order chi connectivity index (χ1) is 8.58. The van der Waals surface area contributed by atoms with E-state index in [0.29, 0.717) is 6.54 Å². The zero-order valence-electron chi connectivity index (χ0n) is 9.31. The SMILES string of the molecule is NC(=O)c1cn(Cc2ccccc2)nc1[N+](=O)[O-]. The summed E-state index contributed by atoms with van der Waals surface area (Å²) >= 11 is 0. The number of primary amides is 1. The van der Waals surface area contributed by atoms with Crippen molar-refractivity contribution >= 4 is 11.7 Å². The Kier molecular flexibility index (Phi) is 3.05. The van der Waals surface area contributed by atoms with Crippen molar-refractivity contribution in [1.29, 1.82) is 0 Å². The minimum atomic E-state index is -0.860. The van der Waals surface area contributed by atoms with Crippen molar-refractivity contribution in [1.82, 2.24) is 9.78 Å². The minimum absolute atomic E-state index is 0.184. The highest BCUT2D eigenvalue weighted by molar-refractivity contribution is 5.95. The molecule has 0 saturated heterocycles. The van der Waals surface area contributed by atoms with Crippen molar-refractivity contribution in [3.8, 4) is 0 Å². The molecule has 2 N–H and O–H groups in total. The van der Waals surface area contributed by atoms with Crippen LogP contribution >= 0.6 is 0 Å². The van der Waals surface area contributed by atoms with Crippen molar-refractivity contribution in [2.75, 3.05) is 0 Å². The normalized spacial score (nSPS) is 10.2. The van der Waals surface area contributed by atoms with Crippen molar-refractivity contribution in [3.05, 3.63) is 57.8 Å². The van der Waals surface area contributed by atoms with Gasteiger partial charge in [0.25, 0.3) is 5.91 Å². The van der Waals surface area contributed by atoms with Crippen LogP contribution in [-0.4, -0.2) is 20.6 Å². The predicted octanol–water partition coefficient (Wildman–Crippen LogP) is 0.939. The maximum atomic E-state index is 11.1. The number of nitrogens with zero attached hydrogens (tertiary/aromatic N) is 3. The molecule has 0 radical (unpaired) electrons. The second-order valence-corrected chi connectivity index (χ2v) is 3.67. The molecule has 7 heteroatoms. The summed E-state index contributed by atoms with van der Waals surface area (Å²) in [5.74, 6) is -1.38. The van der Waals surface area contributed by atoms with E-state index in [1.807, 2.05) is 30.3 Å². The lowest BCUT2D eigenvalue weighted by Crippen LogP contribution is -2.11. The predicted molar refractivity (Wildman–Crippen MR) is 62.9 cm³/mol. The second kappa shape index (κ2) is 4.66. The summed E-state index contributed by atoms with van der Waals surface area (Å²) in [7, 11) is 0. The first-order valence-electron chi connectivity index (χ1n) is 5.13. The average Bonchev–Trinajstić information content (AvgIpc) is 2.74. The van der Waals surface area contributed by atoms with Crippen LogP contribution in [0.25, 0.3) is 0 Å². The van der Waals surface area contributed by atoms with Gasteiger partial charge >= 0.3 is 5.82 Å². The molecule has 2 aromatic rings. The molecule has 1 heterocycles. The second-order valence-electron chi connectivity index (χ2n) is 3.67. The topological polar surface area (TPSA) is 104 Å². The fourth-order valence-corrected chi connectivity index (χ4v) is 1.57. The Morgan fingerprint density at radius 2 is 2.06 bits per heavy atom. The van der Waals surface area contributed by atoms with Crippen molar-refractivity contribution in [2.45, 2.75) is 6.54 Å². The molecule has 0 unspecified atom stereocenters. The van der Waals surface area contributed by atoms with Gasteiger partial charge in [0.2, 0.25) is 0 Å². The van der Waals surface area contributed by atoms with E-state index in [4.69, 9.17) is 5.73 Å². The van der Waals surface area contributed by atoms with Crippen LogP contribution < -0.4 is 5.73 Å². The molecular weight excluding hydrogens is 236 g/mol. The minimum Gasteiger partial charge on any atom is -0.365 e. The van der Waals surface area contributed by atoms with Gasteiger partial charge in [-0.2, -0.15) is 4.68 Å². The molecule has 1 amide bonds. The standard InChI is InChI=1S/C11H10N4O3/c12-10(16)9-7-14(13-11(9)15(17)18)6-8-4-2-1-3-5-8/h1-5,7H,6H2,(H2,12,16). The zero-order valence-corrected chi connectivity index (χ0v) is 9.31. The van der Waals surface area contributed by atoms with Crippen LogP contribution in [0, 0.1) is 10.1 Å². The average molecular weight is 246 g/mol. The Bertz CT molecular complexity index is 560. The first kappa shape index (κ1) is 11.8. The van der Waals surface area contributed by atoms with Gasteiger partial charge in [0.15, 0.2) is 5.56 Å². The summed E-state index contributed by atoms with van der Waals surface area (Å²) < 4.78 is 1.33. The Labute approximate surface area is 102 Å². The van der Waals surface area contributed by atoms with Crippen LogP contribution in [0.4, 0.5) is 5.82 Å². The fraction of sp³-hybridized carbons (Fsp3) is 0.0909. The van der Waals surface area contributed by atoms with E-state index in [1.54, 1.807) is 0 Å². The molecule has 2 rings (SSSR count). The summed E-state index contributed by atoms with van der Waals surface area (Å²) in [5, 5.41) is 14.5. The molecule has 1 aromatic carbocycles. The molecule has 0 bridgehead atoms. The van der Waals surface area contributed by atoms with Gasteiger partial charge in [-0.3, -0.25) is 4.79 Å². The molecule has 0 aliphatic heterocycles. The lowest BCUT2D eigenvalue weighted by molar-refractivity contribution is -0.390. The number of hydrogen-bond acceptors (Lipinski definition) is 4. The molecule has 0 spiro atoms. The van der Waals surface area contributed by atoms with Gasteiger partial charge in [0, 0.05) is 0 Å². The molecule has 0 atom stereocenters. The van der Waals surface area contributed by atoms with E-state index >= 15 is 0 Å². The Morgan fingerprint density at radius 3 is 2.56 bits per heavy atom. The molecule has 92 valence electrons. The number of benzene rings is 1. The van der Waals surface area contributed by atoms with E-state index in [0.717, 1.165) is 5.56 Å². The molecular formula is C11H10N4O3. The van der Waals surface area contributed by atoms with Gasteiger partial charge in [-0.25, -0.2) is 0 Å². The van der Waals surface area contributed by atoms with Crippen LogP contribution in [-0.2, 0) is 6.54 Å². The van der Waals surface area contributed by atoms with Gasteiger partial charge in [-0.1, -0.05) is 30.3 Å². The first-order valence-corrected chi connectivity index (χ1v) is 5.13. The number of aromatic nitrogens is 2. The summed E-state index contributed by atoms with van der Waals surface area (Å²) in [6.45, 7) is 0.342. The quantitative estimate of drug-likeness (QED) is 0.640. The van der Waals surface area contributed by atoms with Crippen molar-refractivity contribution in [3.63, 3.8) is 0 Å². The summed E-state index contributed by atoms with van der Waals surface area (Å²) in [5.41, 5.74) is 5.80. The third-order valence-electron chi connectivity index (χ3n) is 2.37. The van der Waals surface area contributed by atoms with E-state index in [1.165, 1.54) is 10.9 Å². The number of nitrogens with two attached hydrogens (primary N) is 1. The summed E-state index contributed by atoms with van der Waals surface area (Å²) in [6, 6.07) is 9.28. The van der Waals surface area contributed by atoms with Crippen LogP contribution in [0.5, 0.6) is 0 Å². The third kappa shape index (κ3) is 2.34. The van der Waals surface area contributed by atoms with E-state index in [2.05, 4.69) is 5.10 Å². The Morgan fingerprint density at radius 1 is 1.39 bits per heavy atom. The highest BCUT2D eigenvalue weighted by Crippen LogP contribution is 2.15. The van der Waals surface area contributed by atoms with Crippen molar-refractivity contribution < 1.29 is 9.72 Å². The molecule has 0 fully saturated rings. The van der Waals surface area contributed by atoms with Crippen LogP contribution in [0.1, 0.15) is 15.9 Å². The smallest absolute Gasteiger partial charge is 0.365 e. The monoisotopic (exact) mass is 246 g/mol. The van der Waals surface area contributed by atoms with Gasteiger partial charge in [0.1, 0.15) is 0 Å². The number of rotatable bonds is 4. The fourth-order valence-electron chi connectivity index (χ4n) is 1.57. The zero-order chi connectivity index (χ0) is 13.1. The number of nitro groups is 1. The highest BCUT2D eigenvalue weighted by atomic mass is 16.6. The van der Waals surface area contributed by atoms with Gasteiger partial charge in [-0.15, -0.1) is 0 Å². The van der Waals surface area contributed by atoms with Crippen LogP contribution in [0.2, 0.25) is 0 Å². The van der Waals surface area contributed by atoms with Gasteiger partial charge in [-0.05, 0) is 10.5 Å². The molecule has 1 aromatic heterocycles. The molecule has 0 saturated carbocycles. The van der Waals surface area contributed by atoms with Crippen LogP contribution in [0.15, 0.2) is 36.5 Å².